The van der Waals surface area contributed by atoms with E-state index < -0.39 is 5.60 Å². The molecule has 4 fully saturated rings. The molecule has 4 aliphatic carbocycles. The third-order valence-corrected chi connectivity index (χ3v) is 6.18. The monoisotopic (exact) mass is 335 g/mol. The van der Waals surface area contributed by atoms with Crippen molar-refractivity contribution in [3.8, 4) is 0 Å². The third kappa shape index (κ3) is 2.24. The summed E-state index contributed by atoms with van der Waals surface area (Å²) in [6, 6.07) is 8.74. The molecule has 3 heteroatoms. The van der Waals surface area contributed by atoms with Crippen LogP contribution in [0.1, 0.15) is 37.7 Å². The van der Waals surface area contributed by atoms with E-state index in [0.29, 0.717) is 12.0 Å². The van der Waals surface area contributed by atoms with Crippen molar-refractivity contribution in [1.29, 1.82) is 0 Å². The summed E-state index contributed by atoms with van der Waals surface area (Å²) in [5.41, 5.74) is 0.859. The molecular weight excluding hydrogens is 314 g/mol. The Labute approximate surface area is 129 Å². The fraction of sp³-hybridized carbons (Fsp3) is 0.647. The molecule has 1 aromatic carbocycles. The highest BCUT2D eigenvalue weighted by molar-refractivity contribution is 9.10. The molecule has 4 saturated carbocycles. The minimum absolute atomic E-state index is 0.300. The van der Waals surface area contributed by atoms with Crippen molar-refractivity contribution in [2.24, 2.45) is 17.8 Å². The first-order valence-electron chi connectivity index (χ1n) is 7.82. The van der Waals surface area contributed by atoms with E-state index in [2.05, 4.69) is 45.5 Å². The number of hydrogen-bond acceptors (Lipinski definition) is 2. The standard InChI is InChI=1S/C17H22BrNO/c18-15-3-1-2-11(7-15)10-19-16-14-5-12-4-13(6-14)9-17(16,20)8-12/h1-3,7,12-14,16,19-20H,4-6,8-10H2. The van der Waals surface area contributed by atoms with Crippen LogP contribution < -0.4 is 5.32 Å². The van der Waals surface area contributed by atoms with E-state index in [1.54, 1.807) is 0 Å². The molecule has 0 radical (unpaired) electrons. The lowest BCUT2D eigenvalue weighted by Gasteiger charge is -2.59. The van der Waals surface area contributed by atoms with Gasteiger partial charge in [-0.25, -0.2) is 0 Å². The van der Waals surface area contributed by atoms with Crippen molar-refractivity contribution in [2.75, 3.05) is 0 Å². The van der Waals surface area contributed by atoms with Gasteiger partial charge in [0.1, 0.15) is 0 Å². The summed E-state index contributed by atoms with van der Waals surface area (Å²) in [5, 5.41) is 14.7. The van der Waals surface area contributed by atoms with Crippen LogP contribution >= 0.6 is 15.9 Å². The highest BCUT2D eigenvalue weighted by atomic mass is 79.9. The molecule has 2 nitrogen and oxygen atoms in total. The molecule has 20 heavy (non-hydrogen) atoms. The molecule has 5 rings (SSSR count). The highest BCUT2D eigenvalue weighted by Gasteiger charge is 2.56. The number of benzene rings is 1. The fourth-order valence-electron chi connectivity index (χ4n) is 5.23. The minimum Gasteiger partial charge on any atom is -0.388 e. The molecule has 3 unspecified atom stereocenters. The maximum Gasteiger partial charge on any atom is 0.0808 e. The summed E-state index contributed by atoms with van der Waals surface area (Å²) in [5.74, 6) is 2.28. The van der Waals surface area contributed by atoms with E-state index >= 15 is 0 Å². The van der Waals surface area contributed by atoms with Crippen LogP contribution in [0.25, 0.3) is 0 Å². The maximum atomic E-state index is 11.0. The van der Waals surface area contributed by atoms with Crippen LogP contribution in [0.15, 0.2) is 28.7 Å². The number of aliphatic hydroxyl groups is 1. The van der Waals surface area contributed by atoms with E-state index in [1.165, 1.54) is 24.8 Å². The first-order valence-corrected chi connectivity index (χ1v) is 8.62. The van der Waals surface area contributed by atoms with Gasteiger partial charge in [-0.15, -0.1) is 0 Å². The molecule has 4 bridgehead atoms. The van der Waals surface area contributed by atoms with Crippen LogP contribution in [0.4, 0.5) is 0 Å². The van der Waals surface area contributed by atoms with Crippen molar-refractivity contribution < 1.29 is 5.11 Å². The zero-order valence-corrected chi connectivity index (χ0v) is 13.3. The summed E-state index contributed by atoms with van der Waals surface area (Å²) >= 11 is 3.52. The molecule has 1 aromatic rings. The van der Waals surface area contributed by atoms with Gasteiger partial charge in [0, 0.05) is 17.1 Å². The Hall–Kier alpha value is -0.380. The predicted octanol–water partition coefficient (Wildman–Crippen LogP) is 3.48. The normalized spacial score (nSPS) is 42.1. The summed E-state index contributed by atoms with van der Waals surface area (Å²) in [4.78, 5) is 0. The fourth-order valence-corrected chi connectivity index (χ4v) is 5.68. The molecule has 108 valence electrons. The second-order valence-electron chi connectivity index (χ2n) is 7.20. The van der Waals surface area contributed by atoms with Crippen LogP contribution in [0.3, 0.4) is 0 Å². The van der Waals surface area contributed by atoms with Gasteiger partial charge in [-0.2, -0.15) is 0 Å². The van der Waals surface area contributed by atoms with Crippen molar-refractivity contribution in [2.45, 2.75) is 50.3 Å². The smallest absolute Gasteiger partial charge is 0.0808 e. The Balaban J connectivity index is 1.49. The predicted molar refractivity (Wildman–Crippen MR) is 83.3 cm³/mol. The van der Waals surface area contributed by atoms with Gasteiger partial charge in [0.2, 0.25) is 0 Å². The molecule has 2 N–H and O–H groups in total. The largest absolute Gasteiger partial charge is 0.388 e. The van der Waals surface area contributed by atoms with E-state index in [4.69, 9.17) is 0 Å². The Morgan fingerprint density at radius 1 is 1.20 bits per heavy atom. The number of nitrogens with one attached hydrogen (secondary N) is 1. The molecule has 3 atom stereocenters. The first kappa shape index (κ1) is 13.3. The SMILES string of the molecule is OC12CC3CC(CC(C3)C1NCc1cccc(Br)c1)C2. The van der Waals surface area contributed by atoms with E-state index in [-0.39, 0.29) is 0 Å². The average Bonchev–Trinajstić information content (AvgIpc) is 2.36. The molecule has 0 aromatic heterocycles. The summed E-state index contributed by atoms with van der Waals surface area (Å²) < 4.78 is 1.13. The second kappa shape index (κ2) is 4.82. The van der Waals surface area contributed by atoms with Gasteiger partial charge in [0.25, 0.3) is 0 Å². The van der Waals surface area contributed by atoms with Crippen LogP contribution in [0.2, 0.25) is 0 Å². The summed E-state index contributed by atoms with van der Waals surface area (Å²) in [6.07, 6.45) is 6.08. The number of halogens is 1. The van der Waals surface area contributed by atoms with Gasteiger partial charge in [0.15, 0.2) is 0 Å². The Bertz CT molecular complexity index is 503. The van der Waals surface area contributed by atoms with E-state index in [0.717, 1.165) is 35.7 Å². The zero-order chi connectivity index (χ0) is 13.7. The molecular formula is C17H22BrNO. The summed E-state index contributed by atoms with van der Waals surface area (Å²) in [7, 11) is 0. The van der Waals surface area contributed by atoms with E-state index in [9.17, 15) is 5.11 Å². The van der Waals surface area contributed by atoms with Gasteiger partial charge >= 0.3 is 0 Å². The van der Waals surface area contributed by atoms with Crippen molar-refractivity contribution in [1.82, 2.24) is 5.32 Å². The number of rotatable bonds is 3. The van der Waals surface area contributed by atoms with Gasteiger partial charge < -0.3 is 10.4 Å². The Kier molecular flexibility index (Phi) is 3.21. The van der Waals surface area contributed by atoms with Crippen molar-refractivity contribution in [3.05, 3.63) is 34.3 Å². The second-order valence-corrected chi connectivity index (χ2v) is 8.12. The zero-order valence-electron chi connectivity index (χ0n) is 11.7. The maximum absolute atomic E-state index is 11.0. The van der Waals surface area contributed by atoms with Crippen LogP contribution in [0.5, 0.6) is 0 Å². The van der Waals surface area contributed by atoms with Gasteiger partial charge in [-0.05, 0) is 67.6 Å². The molecule has 0 heterocycles. The quantitative estimate of drug-likeness (QED) is 0.886. The Morgan fingerprint density at radius 3 is 2.60 bits per heavy atom. The Morgan fingerprint density at radius 2 is 1.95 bits per heavy atom. The van der Waals surface area contributed by atoms with Crippen LogP contribution in [-0.2, 0) is 6.54 Å². The van der Waals surface area contributed by atoms with Crippen LogP contribution in [-0.4, -0.2) is 16.7 Å². The van der Waals surface area contributed by atoms with Crippen molar-refractivity contribution in [3.63, 3.8) is 0 Å². The lowest BCUT2D eigenvalue weighted by atomic mass is 9.52. The molecule has 4 aliphatic rings. The summed E-state index contributed by atoms with van der Waals surface area (Å²) in [6.45, 7) is 0.859. The molecule has 0 spiro atoms. The molecule has 0 aliphatic heterocycles. The van der Waals surface area contributed by atoms with E-state index in [1.807, 2.05) is 0 Å². The van der Waals surface area contributed by atoms with Gasteiger partial charge in [0.05, 0.1) is 5.60 Å². The number of hydrogen-bond donors (Lipinski definition) is 2. The topological polar surface area (TPSA) is 32.3 Å². The highest BCUT2D eigenvalue weighted by Crippen LogP contribution is 2.55. The van der Waals surface area contributed by atoms with Gasteiger partial charge in [-0.1, -0.05) is 28.1 Å². The lowest BCUT2D eigenvalue weighted by molar-refractivity contribution is -0.150. The first-order chi connectivity index (χ1) is 9.62. The van der Waals surface area contributed by atoms with Crippen LogP contribution in [0, 0.1) is 17.8 Å². The lowest BCUT2D eigenvalue weighted by Crippen LogP contribution is -2.65. The van der Waals surface area contributed by atoms with Gasteiger partial charge in [-0.3, -0.25) is 0 Å². The third-order valence-electron chi connectivity index (χ3n) is 5.69. The average molecular weight is 336 g/mol. The van der Waals surface area contributed by atoms with Crippen molar-refractivity contribution >= 4 is 15.9 Å². The molecule has 0 amide bonds. The molecule has 0 saturated heterocycles. The minimum atomic E-state index is -0.430.